The third-order valence-corrected chi connectivity index (χ3v) is 3.16. The molecule has 1 aromatic carbocycles. The van der Waals surface area contributed by atoms with Gasteiger partial charge in [-0.25, -0.2) is 0 Å². The molecule has 0 aliphatic carbocycles. The van der Waals surface area contributed by atoms with E-state index in [1.54, 1.807) is 0 Å². The Kier molecular flexibility index (Phi) is 3.80. The Balaban J connectivity index is 2.25. The largest absolute Gasteiger partial charge is 0.395 e. The minimum absolute atomic E-state index is 0.222. The lowest BCUT2D eigenvalue weighted by Crippen LogP contribution is -2.37. The zero-order chi connectivity index (χ0) is 11.4. The topological polar surface area (TPSA) is 35.5 Å². The first-order valence-corrected chi connectivity index (χ1v) is 6.05. The van der Waals surface area contributed by atoms with Crippen molar-refractivity contribution in [3.05, 3.63) is 29.8 Å². The summed E-state index contributed by atoms with van der Waals surface area (Å²) in [6.45, 7) is 5.12. The first-order valence-electron chi connectivity index (χ1n) is 6.05. The van der Waals surface area contributed by atoms with Crippen molar-refractivity contribution in [2.45, 2.75) is 19.4 Å². The number of rotatable bonds is 4. The molecule has 0 fully saturated rings. The summed E-state index contributed by atoms with van der Waals surface area (Å²) in [5.74, 6) is 0. The van der Waals surface area contributed by atoms with E-state index in [9.17, 15) is 0 Å². The van der Waals surface area contributed by atoms with Gasteiger partial charge in [-0.1, -0.05) is 25.1 Å². The fourth-order valence-electron chi connectivity index (χ4n) is 2.44. The van der Waals surface area contributed by atoms with E-state index in [1.165, 1.54) is 11.3 Å². The molecule has 0 aromatic heterocycles. The van der Waals surface area contributed by atoms with E-state index >= 15 is 0 Å². The lowest BCUT2D eigenvalue weighted by Gasteiger charge is -2.35. The van der Waals surface area contributed by atoms with E-state index in [0.717, 1.165) is 26.1 Å². The smallest absolute Gasteiger partial charge is 0.0606 e. The number of nitrogens with one attached hydrogen (secondary N) is 1. The van der Waals surface area contributed by atoms with Crippen LogP contribution in [0.5, 0.6) is 0 Å². The number of nitrogens with zero attached hydrogens (tertiary/aromatic N) is 1. The molecule has 0 saturated carbocycles. The summed E-state index contributed by atoms with van der Waals surface area (Å²) in [5, 5.41) is 12.6. The van der Waals surface area contributed by atoms with Gasteiger partial charge in [-0.05, 0) is 24.6 Å². The van der Waals surface area contributed by atoms with Crippen LogP contribution < -0.4 is 10.2 Å². The second kappa shape index (κ2) is 5.32. The third-order valence-electron chi connectivity index (χ3n) is 3.16. The first-order chi connectivity index (χ1) is 7.86. The van der Waals surface area contributed by atoms with Gasteiger partial charge in [-0.2, -0.15) is 0 Å². The molecule has 0 radical (unpaired) electrons. The molecular formula is C13H20N2O. The Labute approximate surface area is 97.1 Å². The predicted octanol–water partition coefficient (Wildman–Crippen LogP) is 1.54. The average molecular weight is 220 g/mol. The molecule has 3 heteroatoms. The monoisotopic (exact) mass is 220 g/mol. The Morgan fingerprint density at radius 3 is 3.00 bits per heavy atom. The zero-order valence-electron chi connectivity index (χ0n) is 9.82. The predicted molar refractivity (Wildman–Crippen MR) is 66.8 cm³/mol. The van der Waals surface area contributed by atoms with Gasteiger partial charge in [0.15, 0.2) is 0 Å². The molecule has 88 valence electrons. The third kappa shape index (κ3) is 2.20. The molecule has 1 unspecified atom stereocenters. The first kappa shape index (κ1) is 11.4. The summed E-state index contributed by atoms with van der Waals surface area (Å²) in [6, 6.07) is 8.96. The van der Waals surface area contributed by atoms with Crippen LogP contribution in [0.15, 0.2) is 24.3 Å². The summed E-state index contributed by atoms with van der Waals surface area (Å²) >= 11 is 0. The van der Waals surface area contributed by atoms with Crippen molar-refractivity contribution in [2.24, 2.45) is 0 Å². The van der Waals surface area contributed by atoms with E-state index in [0.29, 0.717) is 6.04 Å². The van der Waals surface area contributed by atoms with E-state index in [2.05, 4.69) is 41.4 Å². The lowest BCUT2D eigenvalue weighted by molar-refractivity contribution is 0.299. The molecule has 0 bridgehead atoms. The van der Waals surface area contributed by atoms with Crippen molar-refractivity contribution in [1.29, 1.82) is 0 Å². The van der Waals surface area contributed by atoms with Gasteiger partial charge in [0.05, 0.1) is 6.61 Å². The SMILES string of the molecule is CCNC1CCN(CCO)c2ccccc21. The molecule has 1 atom stereocenters. The highest BCUT2D eigenvalue weighted by Gasteiger charge is 2.23. The number of aliphatic hydroxyl groups is 1. The number of para-hydroxylation sites is 1. The number of hydrogen-bond donors (Lipinski definition) is 2. The van der Waals surface area contributed by atoms with Gasteiger partial charge in [-0.15, -0.1) is 0 Å². The van der Waals surface area contributed by atoms with Gasteiger partial charge in [0, 0.05) is 24.8 Å². The van der Waals surface area contributed by atoms with E-state index in [4.69, 9.17) is 5.11 Å². The zero-order valence-corrected chi connectivity index (χ0v) is 9.82. The Bertz CT molecular complexity index is 307. The van der Waals surface area contributed by atoms with Crippen LogP contribution in [0.25, 0.3) is 0 Å². The van der Waals surface area contributed by atoms with Gasteiger partial charge in [0.25, 0.3) is 0 Å². The van der Waals surface area contributed by atoms with Gasteiger partial charge >= 0.3 is 0 Å². The van der Waals surface area contributed by atoms with Crippen LogP contribution in [0.4, 0.5) is 5.69 Å². The molecule has 0 spiro atoms. The Hall–Kier alpha value is -1.06. The van der Waals surface area contributed by atoms with Gasteiger partial charge in [0.1, 0.15) is 0 Å². The lowest BCUT2D eigenvalue weighted by atomic mass is 9.96. The number of benzene rings is 1. The van der Waals surface area contributed by atoms with Gasteiger partial charge in [-0.3, -0.25) is 0 Å². The number of aliphatic hydroxyl groups excluding tert-OH is 1. The maximum Gasteiger partial charge on any atom is 0.0606 e. The van der Waals surface area contributed by atoms with Crippen LogP contribution in [0, 0.1) is 0 Å². The van der Waals surface area contributed by atoms with Crippen LogP contribution in [-0.4, -0.2) is 31.3 Å². The molecular weight excluding hydrogens is 200 g/mol. The van der Waals surface area contributed by atoms with E-state index < -0.39 is 0 Å². The van der Waals surface area contributed by atoms with Crippen molar-refractivity contribution in [3.8, 4) is 0 Å². The highest BCUT2D eigenvalue weighted by molar-refractivity contribution is 5.56. The van der Waals surface area contributed by atoms with E-state index in [-0.39, 0.29) is 6.61 Å². The van der Waals surface area contributed by atoms with E-state index in [1.807, 2.05) is 0 Å². The molecule has 0 saturated heterocycles. The standard InChI is InChI=1S/C13H20N2O/c1-2-14-12-7-8-15(9-10-16)13-6-4-3-5-11(12)13/h3-6,12,14,16H,2,7-10H2,1H3. The maximum atomic E-state index is 9.06. The van der Waals surface area contributed by atoms with Crippen LogP contribution in [0.3, 0.4) is 0 Å². The van der Waals surface area contributed by atoms with Gasteiger partial charge < -0.3 is 15.3 Å². The maximum absolute atomic E-state index is 9.06. The second-order valence-corrected chi connectivity index (χ2v) is 4.17. The number of β-amino-alcohol motifs (C(OH)–C–C–N with tert-alkyl or cyclic N) is 1. The highest BCUT2D eigenvalue weighted by Crippen LogP contribution is 2.33. The Morgan fingerprint density at radius 1 is 1.44 bits per heavy atom. The molecule has 16 heavy (non-hydrogen) atoms. The highest BCUT2D eigenvalue weighted by atomic mass is 16.3. The summed E-state index contributed by atoms with van der Waals surface area (Å²) < 4.78 is 0. The normalized spacial score (nSPS) is 19.6. The van der Waals surface area contributed by atoms with Crippen LogP contribution in [0.2, 0.25) is 0 Å². The second-order valence-electron chi connectivity index (χ2n) is 4.17. The molecule has 0 amide bonds. The molecule has 2 rings (SSSR count). The molecule has 1 heterocycles. The number of anilines is 1. The quantitative estimate of drug-likeness (QED) is 0.808. The van der Waals surface area contributed by atoms with Crippen LogP contribution >= 0.6 is 0 Å². The molecule has 3 nitrogen and oxygen atoms in total. The minimum Gasteiger partial charge on any atom is -0.395 e. The number of fused-ring (bicyclic) bond motifs is 1. The molecule has 1 aliphatic rings. The van der Waals surface area contributed by atoms with Crippen molar-refractivity contribution in [2.75, 3.05) is 31.1 Å². The fourth-order valence-corrected chi connectivity index (χ4v) is 2.44. The Morgan fingerprint density at radius 2 is 2.25 bits per heavy atom. The fraction of sp³-hybridized carbons (Fsp3) is 0.538. The van der Waals surface area contributed by atoms with Crippen molar-refractivity contribution < 1.29 is 5.11 Å². The van der Waals surface area contributed by atoms with Crippen LogP contribution in [0.1, 0.15) is 24.9 Å². The minimum atomic E-state index is 0.222. The summed E-state index contributed by atoms with van der Waals surface area (Å²) in [7, 11) is 0. The van der Waals surface area contributed by atoms with Crippen molar-refractivity contribution in [1.82, 2.24) is 5.32 Å². The summed E-state index contributed by atoms with van der Waals surface area (Å²) in [5.41, 5.74) is 2.64. The van der Waals surface area contributed by atoms with Crippen molar-refractivity contribution >= 4 is 5.69 Å². The number of hydrogen-bond acceptors (Lipinski definition) is 3. The van der Waals surface area contributed by atoms with Gasteiger partial charge in [0.2, 0.25) is 0 Å². The van der Waals surface area contributed by atoms with Crippen molar-refractivity contribution in [3.63, 3.8) is 0 Å². The van der Waals surface area contributed by atoms with Crippen LogP contribution in [-0.2, 0) is 0 Å². The summed E-state index contributed by atoms with van der Waals surface area (Å²) in [6.07, 6.45) is 1.12. The molecule has 1 aromatic rings. The molecule has 1 aliphatic heterocycles. The summed E-state index contributed by atoms with van der Waals surface area (Å²) in [4.78, 5) is 2.27. The average Bonchev–Trinajstić information content (AvgIpc) is 2.33. The molecule has 2 N–H and O–H groups in total.